The van der Waals surface area contributed by atoms with E-state index in [1.165, 1.54) is 23.0 Å². The standard InChI is InChI=1S/C24H20Cl2N4O3/c1-4-33-24(32)18-12-27-30(20-10-14(3)16-7-5-6-13(2)21(16)28-20)22(18)29-23(31)17-9-8-15(25)11-19(17)26/h5-12H,4H2,1-3H3,(H,29,31). The number of para-hydroxylation sites is 1. The van der Waals surface area contributed by atoms with Gasteiger partial charge in [0.05, 0.1) is 28.9 Å². The maximum atomic E-state index is 13.0. The lowest BCUT2D eigenvalue weighted by molar-refractivity contribution is 0.0527. The van der Waals surface area contributed by atoms with Gasteiger partial charge < -0.3 is 10.1 Å². The summed E-state index contributed by atoms with van der Waals surface area (Å²) in [5, 5.41) is 8.68. The van der Waals surface area contributed by atoms with Gasteiger partial charge in [0.15, 0.2) is 11.6 Å². The average Bonchev–Trinajstić information content (AvgIpc) is 3.18. The molecule has 4 rings (SSSR count). The van der Waals surface area contributed by atoms with Crippen LogP contribution in [0.15, 0.2) is 48.7 Å². The molecule has 0 atom stereocenters. The SMILES string of the molecule is CCOC(=O)c1cnn(-c2cc(C)c3cccc(C)c3n2)c1NC(=O)c1ccc(Cl)cc1Cl. The molecule has 0 unspecified atom stereocenters. The largest absolute Gasteiger partial charge is 0.462 e. The minimum Gasteiger partial charge on any atom is -0.462 e. The fourth-order valence-electron chi connectivity index (χ4n) is 3.50. The van der Waals surface area contributed by atoms with Crippen LogP contribution >= 0.6 is 23.2 Å². The van der Waals surface area contributed by atoms with Gasteiger partial charge in [-0.05, 0) is 56.2 Å². The molecule has 0 radical (unpaired) electrons. The van der Waals surface area contributed by atoms with Crippen LogP contribution < -0.4 is 5.32 Å². The highest BCUT2D eigenvalue weighted by molar-refractivity contribution is 6.37. The number of carbonyl (C=O) groups excluding carboxylic acids is 2. The number of carbonyl (C=O) groups is 2. The summed E-state index contributed by atoms with van der Waals surface area (Å²) in [7, 11) is 0. The van der Waals surface area contributed by atoms with Crippen molar-refractivity contribution in [3.63, 3.8) is 0 Å². The maximum absolute atomic E-state index is 13.0. The van der Waals surface area contributed by atoms with Crippen molar-refractivity contribution in [3.8, 4) is 5.82 Å². The van der Waals surface area contributed by atoms with Crippen molar-refractivity contribution in [1.29, 1.82) is 0 Å². The number of aryl methyl sites for hydroxylation is 2. The van der Waals surface area contributed by atoms with Crippen LogP contribution in [0.1, 0.15) is 38.8 Å². The molecule has 168 valence electrons. The Bertz CT molecular complexity index is 1400. The van der Waals surface area contributed by atoms with Crippen LogP contribution in [0.2, 0.25) is 10.0 Å². The summed E-state index contributed by atoms with van der Waals surface area (Å²) in [5.74, 6) is -0.570. The lowest BCUT2D eigenvalue weighted by atomic mass is 10.1. The van der Waals surface area contributed by atoms with Crippen molar-refractivity contribution in [1.82, 2.24) is 14.8 Å². The molecule has 1 amide bonds. The fourth-order valence-corrected chi connectivity index (χ4v) is 4.00. The normalized spacial score (nSPS) is 10.9. The Labute approximate surface area is 200 Å². The predicted molar refractivity (Wildman–Crippen MR) is 129 cm³/mol. The van der Waals surface area contributed by atoms with Crippen LogP contribution in [0.25, 0.3) is 16.7 Å². The number of rotatable bonds is 5. The molecule has 33 heavy (non-hydrogen) atoms. The van der Waals surface area contributed by atoms with Crippen molar-refractivity contribution in [2.24, 2.45) is 0 Å². The van der Waals surface area contributed by atoms with E-state index in [4.69, 9.17) is 32.9 Å². The lowest BCUT2D eigenvalue weighted by Gasteiger charge is -2.13. The second-order valence-electron chi connectivity index (χ2n) is 7.39. The van der Waals surface area contributed by atoms with Crippen LogP contribution in [0.5, 0.6) is 0 Å². The number of aromatic nitrogens is 3. The van der Waals surface area contributed by atoms with Gasteiger partial charge in [0, 0.05) is 10.4 Å². The van der Waals surface area contributed by atoms with E-state index in [0.29, 0.717) is 10.8 Å². The zero-order valence-corrected chi connectivity index (χ0v) is 19.7. The van der Waals surface area contributed by atoms with E-state index in [9.17, 15) is 9.59 Å². The molecule has 0 aliphatic heterocycles. The third kappa shape index (κ3) is 4.42. The van der Waals surface area contributed by atoms with E-state index >= 15 is 0 Å². The highest BCUT2D eigenvalue weighted by Gasteiger charge is 2.24. The summed E-state index contributed by atoms with van der Waals surface area (Å²) in [6.45, 7) is 5.81. The van der Waals surface area contributed by atoms with Gasteiger partial charge in [-0.25, -0.2) is 9.78 Å². The molecular weight excluding hydrogens is 463 g/mol. The van der Waals surface area contributed by atoms with Gasteiger partial charge in [-0.2, -0.15) is 9.78 Å². The van der Waals surface area contributed by atoms with E-state index in [1.54, 1.807) is 13.0 Å². The van der Waals surface area contributed by atoms with Crippen LogP contribution in [-0.2, 0) is 4.74 Å². The zero-order chi connectivity index (χ0) is 23.7. The number of halogens is 2. The maximum Gasteiger partial charge on any atom is 0.343 e. The molecule has 7 nitrogen and oxygen atoms in total. The van der Waals surface area contributed by atoms with Crippen LogP contribution in [0.4, 0.5) is 5.82 Å². The van der Waals surface area contributed by atoms with E-state index in [0.717, 1.165) is 22.0 Å². The first-order chi connectivity index (χ1) is 15.8. The molecule has 9 heteroatoms. The minimum absolute atomic E-state index is 0.0969. The first-order valence-corrected chi connectivity index (χ1v) is 10.9. The Kier molecular flexibility index (Phi) is 6.35. The molecule has 1 N–H and O–H groups in total. The lowest BCUT2D eigenvalue weighted by Crippen LogP contribution is -2.19. The number of benzene rings is 2. The molecule has 0 fully saturated rings. The van der Waals surface area contributed by atoms with Gasteiger partial charge in [0.2, 0.25) is 0 Å². The van der Waals surface area contributed by atoms with Gasteiger partial charge in [-0.1, -0.05) is 41.4 Å². The fraction of sp³-hybridized carbons (Fsp3) is 0.167. The third-order valence-electron chi connectivity index (χ3n) is 5.12. The predicted octanol–water partition coefficient (Wildman–Crippen LogP) is 5.77. The number of anilines is 1. The molecule has 0 aliphatic carbocycles. The molecule has 0 spiro atoms. The summed E-state index contributed by atoms with van der Waals surface area (Å²) < 4.78 is 6.56. The monoisotopic (exact) mass is 482 g/mol. The first kappa shape index (κ1) is 22.8. The number of hydrogen-bond acceptors (Lipinski definition) is 5. The van der Waals surface area contributed by atoms with Crippen molar-refractivity contribution in [3.05, 3.63) is 81.0 Å². The van der Waals surface area contributed by atoms with E-state index in [1.807, 2.05) is 38.1 Å². The quantitative estimate of drug-likeness (QED) is 0.364. The molecule has 2 heterocycles. The zero-order valence-electron chi connectivity index (χ0n) is 18.1. The topological polar surface area (TPSA) is 86.1 Å². The van der Waals surface area contributed by atoms with Crippen molar-refractivity contribution >= 4 is 51.8 Å². The molecule has 0 aliphatic rings. The first-order valence-electron chi connectivity index (χ1n) is 10.2. The molecule has 0 saturated heterocycles. The Balaban J connectivity index is 1.85. The highest BCUT2D eigenvalue weighted by atomic mass is 35.5. The smallest absolute Gasteiger partial charge is 0.343 e. The van der Waals surface area contributed by atoms with Gasteiger partial charge in [0.1, 0.15) is 5.56 Å². The van der Waals surface area contributed by atoms with Gasteiger partial charge in [-0.15, -0.1) is 0 Å². The number of pyridine rings is 1. The second-order valence-corrected chi connectivity index (χ2v) is 8.23. The Morgan fingerprint density at radius 1 is 1.06 bits per heavy atom. The number of fused-ring (bicyclic) bond motifs is 1. The highest BCUT2D eigenvalue weighted by Crippen LogP contribution is 2.27. The number of esters is 1. The number of nitrogens with zero attached hydrogens (tertiary/aromatic N) is 3. The second kappa shape index (κ2) is 9.21. The van der Waals surface area contributed by atoms with Gasteiger partial charge in [0.25, 0.3) is 5.91 Å². The summed E-state index contributed by atoms with van der Waals surface area (Å²) in [6, 6.07) is 12.3. The van der Waals surface area contributed by atoms with E-state index < -0.39 is 11.9 Å². The minimum atomic E-state index is -0.616. The number of hydrogen-bond donors (Lipinski definition) is 1. The van der Waals surface area contributed by atoms with E-state index in [2.05, 4.69) is 10.4 Å². The Morgan fingerprint density at radius 2 is 1.85 bits per heavy atom. The molecule has 2 aromatic heterocycles. The summed E-state index contributed by atoms with van der Waals surface area (Å²) in [5.41, 5.74) is 3.07. The number of amides is 1. The number of ether oxygens (including phenoxy) is 1. The summed E-state index contributed by atoms with van der Waals surface area (Å²) >= 11 is 12.2. The van der Waals surface area contributed by atoms with Crippen molar-refractivity contribution in [2.75, 3.05) is 11.9 Å². The third-order valence-corrected chi connectivity index (χ3v) is 5.67. The number of nitrogens with one attached hydrogen (secondary N) is 1. The summed E-state index contributed by atoms with van der Waals surface area (Å²) in [6.07, 6.45) is 1.34. The van der Waals surface area contributed by atoms with Gasteiger partial charge >= 0.3 is 5.97 Å². The van der Waals surface area contributed by atoms with Crippen LogP contribution in [0.3, 0.4) is 0 Å². The van der Waals surface area contributed by atoms with E-state index in [-0.39, 0.29) is 28.6 Å². The molecule has 2 aromatic carbocycles. The Hall–Kier alpha value is -3.42. The molecule has 0 bridgehead atoms. The van der Waals surface area contributed by atoms with Gasteiger partial charge in [-0.3, -0.25) is 4.79 Å². The molecule has 0 saturated carbocycles. The van der Waals surface area contributed by atoms with Crippen molar-refractivity contribution in [2.45, 2.75) is 20.8 Å². The van der Waals surface area contributed by atoms with Crippen LogP contribution in [-0.4, -0.2) is 33.2 Å². The molecular formula is C24H20Cl2N4O3. The van der Waals surface area contributed by atoms with Crippen LogP contribution in [0, 0.1) is 13.8 Å². The van der Waals surface area contributed by atoms with Crippen molar-refractivity contribution < 1.29 is 14.3 Å². The average molecular weight is 483 g/mol. The summed E-state index contributed by atoms with van der Waals surface area (Å²) in [4.78, 5) is 30.4. The molecule has 4 aromatic rings. The Morgan fingerprint density at radius 3 is 2.58 bits per heavy atom.